The second-order valence-electron chi connectivity index (χ2n) is 6.66. The predicted octanol–water partition coefficient (Wildman–Crippen LogP) is 1.77. The van der Waals surface area contributed by atoms with Crippen molar-refractivity contribution >= 4 is 23.3 Å². The minimum atomic E-state index is -0.849. The van der Waals surface area contributed by atoms with E-state index in [0.29, 0.717) is 23.9 Å². The summed E-state index contributed by atoms with van der Waals surface area (Å²) in [4.78, 5) is 25.1. The van der Waals surface area contributed by atoms with Gasteiger partial charge in [-0.1, -0.05) is 36.8 Å². The number of hydrogen-bond acceptors (Lipinski definition) is 5. The largest absolute Gasteiger partial charge is 0.490 e. The van der Waals surface area contributed by atoms with E-state index in [0.717, 1.165) is 19.5 Å². The molecule has 7 heteroatoms. The molecule has 1 amide bonds. The second-order valence-corrected chi connectivity index (χ2v) is 7.07. The van der Waals surface area contributed by atoms with Crippen molar-refractivity contribution in [2.24, 2.45) is 0 Å². The van der Waals surface area contributed by atoms with Crippen LogP contribution in [0.2, 0.25) is 5.02 Å². The van der Waals surface area contributed by atoms with Crippen LogP contribution < -0.4 is 20.7 Å². The van der Waals surface area contributed by atoms with Crippen LogP contribution in [-0.2, 0) is 0 Å². The average molecular weight is 390 g/mol. The molecule has 1 aromatic carbocycles. The third kappa shape index (κ3) is 4.81. The van der Waals surface area contributed by atoms with Crippen molar-refractivity contribution in [3.8, 4) is 17.6 Å². The summed E-state index contributed by atoms with van der Waals surface area (Å²) in [7, 11) is 0. The number of fused-ring (bicyclic) bond motifs is 1. The molecule has 6 nitrogen and oxygen atoms in total. The number of rotatable bonds is 5. The molecule has 3 N–H and O–H groups in total. The Labute approximate surface area is 164 Å². The number of nitrogens with one attached hydrogen (secondary N) is 3. The Kier molecular flexibility index (Phi) is 6.73. The number of halogens is 1. The minimum Gasteiger partial charge on any atom is -0.490 e. The molecule has 0 spiro atoms. The Morgan fingerprint density at radius 3 is 2.89 bits per heavy atom. The van der Waals surface area contributed by atoms with Gasteiger partial charge in [-0.3, -0.25) is 9.59 Å². The molecule has 2 unspecified atom stereocenters. The van der Waals surface area contributed by atoms with Gasteiger partial charge in [0.1, 0.15) is 12.4 Å². The number of amides is 1. The fourth-order valence-corrected chi connectivity index (χ4v) is 3.40. The normalized spacial score (nSPS) is 21.7. The van der Waals surface area contributed by atoms with E-state index in [1.807, 2.05) is 6.92 Å². The highest BCUT2D eigenvalue weighted by molar-refractivity contribution is 6.33. The number of ketones is 1. The highest BCUT2D eigenvalue weighted by atomic mass is 35.5. The highest BCUT2D eigenvalue weighted by Gasteiger charge is 2.32. The van der Waals surface area contributed by atoms with E-state index >= 15 is 0 Å². The molecule has 0 radical (unpaired) electrons. The number of carbonyl (C=O) groups is 2. The molecule has 1 saturated heterocycles. The lowest BCUT2D eigenvalue weighted by Crippen LogP contribution is -2.45. The smallest absolute Gasteiger partial charge is 0.253 e. The summed E-state index contributed by atoms with van der Waals surface area (Å²) in [6.45, 7) is 4.69. The van der Waals surface area contributed by atoms with Crippen molar-refractivity contribution in [3.63, 3.8) is 0 Å². The lowest BCUT2D eigenvalue weighted by molar-refractivity contribution is 0.0852. The van der Waals surface area contributed by atoms with E-state index in [2.05, 4.69) is 27.8 Å². The predicted molar refractivity (Wildman–Crippen MR) is 104 cm³/mol. The van der Waals surface area contributed by atoms with Crippen LogP contribution in [0, 0.1) is 11.8 Å². The zero-order valence-electron chi connectivity index (χ0n) is 15.4. The van der Waals surface area contributed by atoms with Gasteiger partial charge in [-0.05, 0) is 38.1 Å². The van der Waals surface area contributed by atoms with Gasteiger partial charge in [0.25, 0.3) is 5.91 Å². The maximum Gasteiger partial charge on any atom is 0.253 e. The molecule has 0 bridgehead atoms. The van der Waals surface area contributed by atoms with Gasteiger partial charge in [-0.2, -0.15) is 0 Å². The van der Waals surface area contributed by atoms with Gasteiger partial charge in [0, 0.05) is 11.6 Å². The van der Waals surface area contributed by atoms with E-state index in [9.17, 15) is 9.59 Å². The van der Waals surface area contributed by atoms with Crippen LogP contribution in [0.15, 0.2) is 12.1 Å². The summed E-state index contributed by atoms with van der Waals surface area (Å²) < 4.78 is 5.82. The molecular formula is C20H24ClN3O3. The maximum atomic E-state index is 12.6. The van der Waals surface area contributed by atoms with Gasteiger partial charge in [0.05, 0.1) is 17.1 Å². The van der Waals surface area contributed by atoms with Gasteiger partial charge in [-0.15, -0.1) is 0 Å². The van der Waals surface area contributed by atoms with Crippen LogP contribution in [0.5, 0.6) is 5.75 Å². The van der Waals surface area contributed by atoms with E-state index in [-0.39, 0.29) is 28.9 Å². The lowest BCUT2D eigenvalue weighted by Gasteiger charge is -2.25. The molecule has 144 valence electrons. The molecule has 1 aromatic rings. The summed E-state index contributed by atoms with van der Waals surface area (Å²) in [5.74, 6) is 5.48. The number of ether oxygens (including phenoxy) is 1. The van der Waals surface area contributed by atoms with Crippen LogP contribution in [0.25, 0.3) is 0 Å². The summed E-state index contributed by atoms with van der Waals surface area (Å²) in [5, 5.41) is 9.43. The summed E-state index contributed by atoms with van der Waals surface area (Å²) in [6.07, 6.45) is 3.40. The van der Waals surface area contributed by atoms with Gasteiger partial charge in [-0.25, -0.2) is 0 Å². The number of hydrogen-bond donors (Lipinski definition) is 3. The second kappa shape index (κ2) is 9.23. The number of carbonyl (C=O) groups excluding carboxylic acids is 2. The lowest BCUT2D eigenvalue weighted by atomic mass is 9.93. The van der Waals surface area contributed by atoms with Gasteiger partial charge in [0.2, 0.25) is 0 Å². The molecule has 2 aliphatic heterocycles. The van der Waals surface area contributed by atoms with Crippen LogP contribution >= 0.6 is 11.6 Å². The van der Waals surface area contributed by atoms with E-state index in [1.165, 1.54) is 18.9 Å². The first-order valence-corrected chi connectivity index (χ1v) is 9.72. The average Bonchev–Trinajstić information content (AvgIpc) is 2.68. The zero-order chi connectivity index (χ0) is 19.2. The number of Topliss-reactive ketones (excluding diaryl/α,β-unsaturated/α-hetero) is 1. The summed E-state index contributed by atoms with van der Waals surface area (Å²) in [6, 6.07) is 2.49. The monoisotopic (exact) mass is 389 g/mol. The highest BCUT2D eigenvalue weighted by Crippen LogP contribution is 2.31. The zero-order valence-corrected chi connectivity index (χ0v) is 16.1. The third-order valence-corrected chi connectivity index (χ3v) is 4.98. The number of benzene rings is 1. The molecule has 0 saturated carbocycles. The van der Waals surface area contributed by atoms with Crippen LogP contribution in [-0.4, -0.2) is 50.0 Å². The molecule has 0 aromatic heterocycles. The Bertz CT molecular complexity index is 779. The van der Waals surface area contributed by atoms with E-state index in [4.69, 9.17) is 16.3 Å². The van der Waals surface area contributed by atoms with Crippen LogP contribution in [0.3, 0.4) is 0 Å². The fraction of sp³-hybridized carbons (Fsp3) is 0.500. The first-order valence-electron chi connectivity index (χ1n) is 9.34. The minimum absolute atomic E-state index is 0.254. The van der Waals surface area contributed by atoms with Gasteiger partial charge >= 0.3 is 0 Å². The Hall–Kier alpha value is -2.07. The van der Waals surface area contributed by atoms with Crippen LogP contribution in [0.4, 0.5) is 0 Å². The first kappa shape index (κ1) is 19.7. The topological polar surface area (TPSA) is 79.5 Å². The SMILES string of the molecule is CCNCC#CC1NC(=O)c2cc(OCC3CCCCN3)c(Cl)cc2C1=O. The van der Waals surface area contributed by atoms with Crippen molar-refractivity contribution in [1.82, 2.24) is 16.0 Å². The quantitative estimate of drug-likeness (QED) is 0.528. The Morgan fingerprint density at radius 2 is 2.15 bits per heavy atom. The van der Waals surface area contributed by atoms with Crippen molar-refractivity contribution in [2.75, 3.05) is 26.2 Å². The molecule has 2 heterocycles. The van der Waals surface area contributed by atoms with Gasteiger partial charge < -0.3 is 20.7 Å². The molecule has 27 heavy (non-hydrogen) atoms. The molecule has 2 atom stereocenters. The molecule has 1 fully saturated rings. The first-order chi connectivity index (χ1) is 13.1. The van der Waals surface area contributed by atoms with E-state index < -0.39 is 6.04 Å². The van der Waals surface area contributed by atoms with Crippen molar-refractivity contribution in [2.45, 2.75) is 38.3 Å². The van der Waals surface area contributed by atoms with Crippen LogP contribution in [0.1, 0.15) is 46.9 Å². The van der Waals surface area contributed by atoms with Crippen molar-refractivity contribution in [1.29, 1.82) is 0 Å². The molecule has 0 aliphatic carbocycles. The molecule has 2 aliphatic rings. The Balaban J connectivity index is 1.74. The fourth-order valence-electron chi connectivity index (χ4n) is 3.18. The van der Waals surface area contributed by atoms with Crippen molar-refractivity contribution < 1.29 is 14.3 Å². The maximum absolute atomic E-state index is 12.6. The summed E-state index contributed by atoms with van der Waals surface area (Å²) in [5.41, 5.74) is 0.565. The molecule has 3 rings (SSSR count). The molecular weight excluding hydrogens is 366 g/mol. The summed E-state index contributed by atoms with van der Waals surface area (Å²) >= 11 is 6.31. The third-order valence-electron chi connectivity index (χ3n) is 4.68. The van der Waals surface area contributed by atoms with E-state index in [1.54, 1.807) is 6.07 Å². The number of piperidine rings is 1. The Morgan fingerprint density at radius 1 is 1.30 bits per heavy atom. The standard InChI is InChI=1S/C20H24ClN3O3/c1-2-22-8-5-7-17-19(25)14-10-16(21)18(11-15(14)20(26)24-17)27-12-13-6-3-4-9-23-13/h10-11,13,17,22-23H,2-4,6,8-9,12H2,1H3,(H,24,26). The van der Waals surface area contributed by atoms with Gasteiger partial charge in [0.15, 0.2) is 11.8 Å². The van der Waals surface area contributed by atoms with Crippen molar-refractivity contribution in [3.05, 3.63) is 28.3 Å².